The number of hydrazone groups is 1. The molecule has 1 heterocycles. The first-order valence-electron chi connectivity index (χ1n) is 6.91. The predicted molar refractivity (Wildman–Crippen MR) is 84.3 cm³/mol. The van der Waals surface area contributed by atoms with Gasteiger partial charge in [0.1, 0.15) is 11.5 Å². The fourth-order valence-electron chi connectivity index (χ4n) is 2.03. The smallest absolute Gasteiger partial charge is 0.281 e. The average Bonchev–Trinajstić information content (AvgIpc) is 3.27. The summed E-state index contributed by atoms with van der Waals surface area (Å²) in [6, 6.07) is 7.55. The molecule has 3 rings (SSSR count). The number of furan rings is 1. The molecule has 1 aliphatic carbocycles. The van der Waals surface area contributed by atoms with Crippen molar-refractivity contribution in [2.45, 2.75) is 12.8 Å². The van der Waals surface area contributed by atoms with Crippen molar-refractivity contribution < 1.29 is 14.1 Å². The Morgan fingerprint density at radius 2 is 2.17 bits per heavy atom. The van der Waals surface area contributed by atoms with Crippen LogP contribution in [0.1, 0.15) is 18.6 Å². The highest BCUT2D eigenvalue weighted by molar-refractivity contribution is 6.30. The summed E-state index contributed by atoms with van der Waals surface area (Å²) in [4.78, 5) is 22.0. The molecular weight excluding hydrogens is 322 g/mol. The molecule has 0 aliphatic heterocycles. The standard InChI is InChI=1S/C15H12ClN3O4/c16-10-3-5-12(13(7-10)19(21)22)14-6-4-11(23-14)8-17-18-15(20)9-1-2-9/h3-9H,1-2H2,(H,18,20)/b17-8-. The lowest BCUT2D eigenvalue weighted by Gasteiger charge is -2.00. The highest BCUT2D eigenvalue weighted by Gasteiger charge is 2.29. The molecule has 0 atom stereocenters. The van der Waals surface area contributed by atoms with Gasteiger partial charge in [-0.2, -0.15) is 5.10 Å². The molecule has 1 aromatic carbocycles. The quantitative estimate of drug-likeness (QED) is 0.515. The summed E-state index contributed by atoms with van der Waals surface area (Å²) < 4.78 is 5.51. The van der Waals surface area contributed by atoms with E-state index in [1.54, 1.807) is 18.2 Å². The molecule has 1 fully saturated rings. The van der Waals surface area contributed by atoms with Crippen molar-refractivity contribution in [3.8, 4) is 11.3 Å². The molecule has 1 aromatic heterocycles. The zero-order valence-electron chi connectivity index (χ0n) is 11.9. The van der Waals surface area contributed by atoms with Crippen LogP contribution in [0.4, 0.5) is 5.69 Å². The molecule has 7 nitrogen and oxygen atoms in total. The van der Waals surface area contributed by atoms with Crippen LogP contribution < -0.4 is 5.43 Å². The lowest BCUT2D eigenvalue weighted by Crippen LogP contribution is -2.18. The molecule has 23 heavy (non-hydrogen) atoms. The fraction of sp³-hybridized carbons (Fsp3) is 0.200. The van der Waals surface area contributed by atoms with Gasteiger partial charge in [-0.1, -0.05) is 11.6 Å². The Labute approximate surface area is 136 Å². The SMILES string of the molecule is O=C(N/N=C\c1ccc(-c2ccc(Cl)cc2[N+](=O)[O-])o1)C1CC1. The molecule has 0 bridgehead atoms. The molecule has 1 amide bonds. The van der Waals surface area contributed by atoms with Gasteiger partial charge in [-0.15, -0.1) is 0 Å². The van der Waals surface area contributed by atoms with Gasteiger partial charge in [0.25, 0.3) is 5.69 Å². The van der Waals surface area contributed by atoms with Crippen molar-refractivity contribution in [1.29, 1.82) is 0 Å². The number of nitro groups is 1. The van der Waals surface area contributed by atoms with Gasteiger partial charge in [0.15, 0.2) is 0 Å². The molecule has 1 aliphatic rings. The van der Waals surface area contributed by atoms with Crippen LogP contribution in [0, 0.1) is 16.0 Å². The van der Waals surface area contributed by atoms with E-state index in [1.807, 2.05) is 0 Å². The van der Waals surface area contributed by atoms with Crippen LogP contribution in [0.25, 0.3) is 11.3 Å². The van der Waals surface area contributed by atoms with Crippen molar-refractivity contribution in [3.05, 3.63) is 51.2 Å². The van der Waals surface area contributed by atoms with E-state index in [2.05, 4.69) is 10.5 Å². The lowest BCUT2D eigenvalue weighted by atomic mass is 10.1. The van der Waals surface area contributed by atoms with E-state index in [9.17, 15) is 14.9 Å². The monoisotopic (exact) mass is 333 g/mol. The van der Waals surface area contributed by atoms with Crippen LogP contribution in [0.3, 0.4) is 0 Å². The van der Waals surface area contributed by atoms with E-state index in [4.69, 9.17) is 16.0 Å². The van der Waals surface area contributed by atoms with Crippen LogP contribution >= 0.6 is 11.6 Å². The number of nitrogens with zero attached hydrogens (tertiary/aromatic N) is 2. The van der Waals surface area contributed by atoms with Gasteiger partial charge < -0.3 is 4.42 Å². The summed E-state index contributed by atoms with van der Waals surface area (Å²) in [6.45, 7) is 0. The van der Waals surface area contributed by atoms with Crippen LogP contribution in [0.5, 0.6) is 0 Å². The van der Waals surface area contributed by atoms with Crippen molar-refractivity contribution in [2.24, 2.45) is 11.0 Å². The second-order valence-corrected chi connectivity index (χ2v) is 5.57. The first-order chi connectivity index (χ1) is 11.0. The minimum atomic E-state index is -0.520. The van der Waals surface area contributed by atoms with E-state index in [1.165, 1.54) is 18.3 Å². The third kappa shape index (κ3) is 3.57. The second-order valence-electron chi connectivity index (χ2n) is 5.13. The normalized spacial score (nSPS) is 14.1. The molecule has 0 saturated heterocycles. The van der Waals surface area contributed by atoms with E-state index in [0.717, 1.165) is 12.8 Å². The minimum Gasteiger partial charge on any atom is -0.455 e. The van der Waals surface area contributed by atoms with Gasteiger partial charge in [0.05, 0.1) is 16.7 Å². The minimum absolute atomic E-state index is 0.0658. The number of carbonyl (C=O) groups is 1. The summed E-state index contributed by atoms with van der Waals surface area (Å²) in [6.07, 6.45) is 3.14. The van der Waals surface area contributed by atoms with Gasteiger partial charge in [0.2, 0.25) is 5.91 Å². The summed E-state index contributed by atoms with van der Waals surface area (Å²) in [5.74, 6) is 0.654. The zero-order chi connectivity index (χ0) is 16.4. The number of hydrogen-bond acceptors (Lipinski definition) is 5. The molecule has 2 aromatic rings. The van der Waals surface area contributed by atoms with E-state index >= 15 is 0 Å². The topological polar surface area (TPSA) is 97.7 Å². The Morgan fingerprint density at radius 3 is 2.87 bits per heavy atom. The highest BCUT2D eigenvalue weighted by Crippen LogP contribution is 2.33. The van der Waals surface area contributed by atoms with Gasteiger partial charge >= 0.3 is 0 Å². The van der Waals surface area contributed by atoms with E-state index in [-0.39, 0.29) is 22.5 Å². The first-order valence-corrected chi connectivity index (χ1v) is 7.29. The maximum atomic E-state index is 11.4. The maximum absolute atomic E-state index is 11.4. The molecule has 0 spiro atoms. The van der Waals surface area contributed by atoms with Crippen molar-refractivity contribution in [3.63, 3.8) is 0 Å². The summed E-state index contributed by atoms with van der Waals surface area (Å²) >= 11 is 5.79. The predicted octanol–water partition coefficient (Wildman–Crippen LogP) is 3.37. The van der Waals surface area contributed by atoms with Gasteiger partial charge in [-0.25, -0.2) is 5.43 Å². The second kappa shape index (κ2) is 6.21. The number of amides is 1. The lowest BCUT2D eigenvalue weighted by molar-refractivity contribution is -0.384. The fourth-order valence-corrected chi connectivity index (χ4v) is 2.19. The van der Waals surface area contributed by atoms with Crippen LogP contribution in [0.15, 0.2) is 39.9 Å². The largest absolute Gasteiger partial charge is 0.455 e. The Bertz CT molecular complexity index is 796. The Balaban J connectivity index is 1.77. The van der Waals surface area contributed by atoms with Crippen molar-refractivity contribution in [1.82, 2.24) is 5.43 Å². The number of nitro benzene ring substituents is 1. The Kier molecular flexibility index (Phi) is 4.12. The van der Waals surface area contributed by atoms with Crippen LogP contribution in [0.2, 0.25) is 5.02 Å². The van der Waals surface area contributed by atoms with E-state index < -0.39 is 4.92 Å². The van der Waals surface area contributed by atoms with Crippen LogP contribution in [-0.4, -0.2) is 17.0 Å². The summed E-state index contributed by atoms with van der Waals surface area (Å²) in [5, 5.41) is 15.2. The average molecular weight is 334 g/mol. The van der Waals surface area contributed by atoms with E-state index in [0.29, 0.717) is 17.1 Å². The molecule has 0 unspecified atom stereocenters. The summed E-state index contributed by atoms with van der Waals surface area (Å²) in [5.41, 5.74) is 2.60. The molecule has 0 radical (unpaired) electrons. The highest BCUT2D eigenvalue weighted by atomic mass is 35.5. The van der Waals surface area contributed by atoms with Crippen molar-refractivity contribution >= 4 is 29.4 Å². The Hall–Kier alpha value is -2.67. The number of hydrogen-bond donors (Lipinski definition) is 1. The number of rotatable bonds is 5. The molecule has 1 saturated carbocycles. The summed E-state index contributed by atoms with van der Waals surface area (Å²) in [7, 11) is 0. The zero-order valence-corrected chi connectivity index (χ0v) is 12.6. The van der Waals surface area contributed by atoms with Crippen LogP contribution in [-0.2, 0) is 4.79 Å². The third-order valence-corrected chi connectivity index (χ3v) is 3.60. The number of carbonyl (C=O) groups excluding carboxylic acids is 1. The van der Waals surface area contributed by atoms with Gasteiger partial charge in [-0.3, -0.25) is 14.9 Å². The number of nitrogens with one attached hydrogen (secondary N) is 1. The molecule has 1 N–H and O–H groups in total. The maximum Gasteiger partial charge on any atom is 0.281 e. The Morgan fingerprint density at radius 1 is 1.39 bits per heavy atom. The van der Waals surface area contributed by atoms with Gasteiger partial charge in [-0.05, 0) is 37.1 Å². The first kappa shape index (κ1) is 15.2. The molecule has 118 valence electrons. The molecule has 8 heteroatoms. The van der Waals surface area contributed by atoms with Crippen molar-refractivity contribution in [2.75, 3.05) is 0 Å². The molecular formula is C15H12ClN3O4. The van der Waals surface area contributed by atoms with Gasteiger partial charge in [0, 0.05) is 17.0 Å². The third-order valence-electron chi connectivity index (χ3n) is 3.36. The number of halogens is 1. The number of benzene rings is 1.